The van der Waals surface area contributed by atoms with Crippen LogP contribution in [0.15, 0.2) is 53.4 Å². The van der Waals surface area contributed by atoms with Gasteiger partial charge in [-0.2, -0.15) is 26.3 Å². The quantitative estimate of drug-likeness (QED) is 0.331. The Kier molecular flexibility index (Phi) is 8.66. The first kappa shape index (κ1) is 32.7. The van der Waals surface area contributed by atoms with E-state index in [1.807, 2.05) is 0 Å². The number of amides is 2. The minimum Gasteiger partial charge on any atom is -0.357 e. The van der Waals surface area contributed by atoms with Crippen LogP contribution in [-0.4, -0.2) is 75.7 Å². The van der Waals surface area contributed by atoms with Crippen molar-refractivity contribution in [3.63, 3.8) is 0 Å². The van der Waals surface area contributed by atoms with Gasteiger partial charge in [-0.3, -0.25) is 9.59 Å². The minimum atomic E-state index is -5.91. The number of likely N-dealkylation sites (tertiary alicyclic amines) is 2. The molecule has 2 aliphatic rings. The molecule has 2 heterocycles. The Morgan fingerprint density at radius 3 is 1.86 bits per heavy atom. The average molecular weight is 639 g/mol. The zero-order valence-electron chi connectivity index (χ0n) is 23.1. The van der Waals surface area contributed by atoms with Crippen LogP contribution in [0.2, 0.25) is 0 Å². The van der Waals surface area contributed by atoms with Gasteiger partial charge in [0.1, 0.15) is 10.6 Å². The number of nitrogens with zero attached hydrogens (tertiary/aromatic N) is 2. The van der Waals surface area contributed by atoms with Crippen molar-refractivity contribution in [3.8, 4) is 0 Å². The smallest absolute Gasteiger partial charge is 0.357 e. The van der Waals surface area contributed by atoms with E-state index < -0.39 is 56.4 Å². The monoisotopic (exact) mass is 638 g/mol. The second-order valence-corrected chi connectivity index (χ2v) is 13.0. The van der Waals surface area contributed by atoms with Gasteiger partial charge in [0.2, 0.25) is 11.8 Å². The molecule has 2 fully saturated rings. The molecular weight excluding hydrogens is 609 g/mol. The van der Waals surface area contributed by atoms with Crippen LogP contribution in [0.25, 0.3) is 0 Å². The lowest BCUT2D eigenvalue weighted by atomic mass is 9.88. The van der Waals surface area contributed by atoms with Gasteiger partial charge in [-0.1, -0.05) is 24.3 Å². The summed E-state index contributed by atoms with van der Waals surface area (Å²) in [5.41, 5.74) is -6.12. The fourth-order valence-corrected chi connectivity index (χ4v) is 8.04. The lowest BCUT2D eigenvalue weighted by molar-refractivity contribution is -0.383. The van der Waals surface area contributed by atoms with Gasteiger partial charge in [0.25, 0.3) is 5.60 Å². The number of rotatable bonds is 6. The molecule has 2 aromatic carbocycles. The molecule has 0 N–H and O–H groups in total. The number of hydrogen-bond donors (Lipinski definition) is 0. The summed E-state index contributed by atoms with van der Waals surface area (Å²) in [5.74, 6) is -1.76. The Hall–Kier alpha value is -3.20. The van der Waals surface area contributed by atoms with E-state index in [1.165, 1.54) is 11.8 Å². The van der Waals surface area contributed by atoms with E-state index in [1.54, 1.807) is 4.90 Å². The second-order valence-electron chi connectivity index (χ2n) is 10.7. The molecule has 43 heavy (non-hydrogen) atoms. The Morgan fingerprint density at radius 1 is 0.860 bits per heavy atom. The van der Waals surface area contributed by atoms with Crippen molar-refractivity contribution in [3.05, 3.63) is 65.5 Å². The molecule has 0 saturated carbocycles. The summed E-state index contributed by atoms with van der Waals surface area (Å²) in [6.45, 7) is 1.56. The summed E-state index contributed by atoms with van der Waals surface area (Å²) in [4.78, 5) is 27.7. The predicted octanol–water partition coefficient (Wildman–Crippen LogP) is 4.95. The molecule has 7 nitrogen and oxygen atoms in total. The van der Waals surface area contributed by atoms with Gasteiger partial charge < -0.3 is 14.5 Å². The van der Waals surface area contributed by atoms with Gasteiger partial charge in [0.15, 0.2) is 9.84 Å². The Balaban J connectivity index is 1.76. The van der Waals surface area contributed by atoms with Gasteiger partial charge in [-0.15, -0.1) is 0 Å². The zero-order chi connectivity index (χ0) is 32.0. The molecule has 1 unspecified atom stereocenters. The summed E-state index contributed by atoms with van der Waals surface area (Å²) < 4.78 is 127. The fourth-order valence-electron chi connectivity index (χ4n) is 5.97. The maximum Gasteiger partial charge on any atom is 0.430 e. The summed E-state index contributed by atoms with van der Waals surface area (Å²) in [6, 6.07) is 6.58. The van der Waals surface area contributed by atoms with Crippen LogP contribution in [0.3, 0.4) is 0 Å². The number of ether oxygens (including phenoxy) is 1. The van der Waals surface area contributed by atoms with Gasteiger partial charge in [0, 0.05) is 51.7 Å². The van der Waals surface area contributed by atoms with E-state index >= 15 is 0 Å². The number of hydrogen-bond acceptors (Lipinski definition) is 5. The lowest BCUT2D eigenvalue weighted by Crippen LogP contribution is -2.55. The molecule has 4 rings (SSSR count). The van der Waals surface area contributed by atoms with Gasteiger partial charge in [-0.05, 0) is 49.1 Å². The second kappa shape index (κ2) is 11.4. The summed E-state index contributed by atoms with van der Waals surface area (Å²) >= 11 is 0. The summed E-state index contributed by atoms with van der Waals surface area (Å²) in [7, 11) is -4.21. The van der Waals surface area contributed by atoms with Gasteiger partial charge in [0.05, 0.1) is 4.90 Å². The van der Waals surface area contributed by atoms with Crippen molar-refractivity contribution in [2.75, 3.05) is 33.3 Å². The van der Waals surface area contributed by atoms with Crippen molar-refractivity contribution in [2.45, 2.75) is 53.8 Å². The van der Waals surface area contributed by atoms with E-state index in [4.69, 9.17) is 0 Å². The van der Waals surface area contributed by atoms with Crippen molar-refractivity contribution >= 4 is 21.7 Å². The van der Waals surface area contributed by atoms with E-state index in [0.29, 0.717) is 38.1 Å². The number of benzene rings is 2. The first-order valence-electron chi connectivity index (χ1n) is 13.3. The third-order valence-corrected chi connectivity index (χ3v) is 10.9. The van der Waals surface area contributed by atoms with Gasteiger partial charge in [-0.25, -0.2) is 12.8 Å². The highest BCUT2D eigenvalue weighted by molar-refractivity contribution is 7.92. The standard InChI is InChI=1S/C28H29F7N2O5S/c1-18(38)36-14-11-19(12-15-36)24(39)37-16-13-25(17-37,43(40,41)23-9-7-22(29)8-10-23)20-3-5-21(6-4-20)26(42-2,27(30,31)32)28(33,34)35/h3-10,19H,11-17H2,1-2H3. The molecule has 0 aromatic heterocycles. The van der Waals surface area contributed by atoms with Crippen LogP contribution >= 0.6 is 0 Å². The Bertz CT molecular complexity index is 1440. The van der Waals surface area contributed by atoms with Crippen LogP contribution < -0.4 is 0 Å². The number of piperidine rings is 1. The summed E-state index contributed by atoms with van der Waals surface area (Å²) in [5, 5.41) is 0. The van der Waals surface area contributed by atoms with Crippen LogP contribution in [0, 0.1) is 11.7 Å². The molecule has 15 heteroatoms. The molecule has 0 aliphatic carbocycles. The third-order valence-electron chi connectivity index (χ3n) is 8.39. The number of carbonyl (C=O) groups is 2. The largest absolute Gasteiger partial charge is 0.430 e. The number of halogens is 7. The highest BCUT2D eigenvalue weighted by atomic mass is 32.2. The zero-order valence-corrected chi connectivity index (χ0v) is 24.0. The van der Waals surface area contributed by atoms with E-state index in [-0.39, 0.29) is 42.3 Å². The Labute approximate surface area is 243 Å². The molecule has 236 valence electrons. The van der Waals surface area contributed by atoms with Crippen molar-refractivity contribution < 1.29 is 53.5 Å². The van der Waals surface area contributed by atoms with Crippen molar-refractivity contribution in [2.24, 2.45) is 5.92 Å². The minimum absolute atomic E-state index is 0.0684. The van der Waals surface area contributed by atoms with Crippen LogP contribution in [0.4, 0.5) is 30.7 Å². The van der Waals surface area contributed by atoms with Crippen LogP contribution in [0.5, 0.6) is 0 Å². The summed E-state index contributed by atoms with van der Waals surface area (Å²) in [6.07, 6.45) is -11.4. The van der Waals surface area contributed by atoms with E-state index in [2.05, 4.69) is 4.74 Å². The molecule has 2 aromatic rings. The molecule has 0 spiro atoms. The van der Waals surface area contributed by atoms with Crippen LogP contribution in [0.1, 0.15) is 37.3 Å². The molecule has 2 aliphatic heterocycles. The highest BCUT2D eigenvalue weighted by Gasteiger charge is 2.73. The number of sulfone groups is 1. The first-order chi connectivity index (χ1) is 19.9. The van der Waals surface area contributed by atoms with Crippen molar-refractivity contribution in [1.82, 2.24) is 9.80 Å². The fraction of sp³-hybridized carbons (Fsp3) is 0.500. The maximum absolute atomic E-state index is 14.1. The number of carbonyl (C=O) groups excluding carboxylic acids is 2. The number of alkyl halides is 6. The Morgan fingerprint density at radius 2 is 1.40 bits per heavy atom. The van der Waals surface area contributed by atoms with Crippen molar-refractivity contribution in [1.29, 1.82) is 0 Å². The van der Waals surface area contributed by atoms with Crippen LogP contribution in [-0.2, 0) is 34.5 Å². The average Bonchev–Trinajstić information content (AvgIpc) is 3.40. The predicted molar refractivity (Wildman–Crippen MR) is 139 cm³/mol. The van der Waals surface area contributed by atoms with Gasteiger partial charge >= 0.3 is 12.4 Å². The van der Waals surface area contributed by atoms with E-state index in [9.17, 15) is 48.7 Å². The number of methoxy groups -OCH3 is 1. The molecule has 0 bridgehead atoms. The topological polar surface area (TPSA) is 84.0 Å². The molecule has 2 amide bonds. The normalized spacial score (nSPS) is 20.9. The highest BCUT2D eigenvalue weighted by Crippen LogP contribution is 2.53. The maximum atomic E-state index is 14.1. The lowest BCUT2D eigenvalue weighted by Gasteiger charge is -2.37. The third kappa shape index (κ3) is 5.49. The molecule has 0 radical (unpaired) electrons. The molecular formula is C28H29F7N2O5S. The molecule has 1 atom stereocenters. The molecule has 2 saturated heterocycles. The SMILES string of the molecule is COC(c1ccc(C2(S(=O)(=O)c3ccc(F)cc3)CCN(C(=O)C3CCN(C(C)=O)CC3)C2)cc1)(C(F)(F)F)C(F)(F)F. The van der Waals surface area contributed by atoms with E-state index in [0.717, 1.165) is 36.4 Å². The first-order valence-corrected chi connectivity index (χ1v) is 14.7.